The van der Waals surface area contributed by atoms with Crippen LogP contribution in [-0.4, -0.2) is 16.4 Å². The molecule has 0 radical (unpaired) electrons. The predicted molar refractivity (Wildman–Crippen MR) is 56.0 cm³/mol. The normalized spacial score (nSPS) is 9.17. The Hall–Kier alpha value is -0.810. The average Bonchev–Trinajstić information content (AvgIpc) is 2.03. The Kier molecular flexibility index (Phi) is 3.31. The topological polar surface area (TPSA) is 34.1 Å². The Balaban J connectivity index is 2.79. The molecular formula is C7H8N2OS2. The van der Waals surface area contributed by atoms with Crippen molar-refractivity contribution >= 4 is 34.9 Å². The van der Waals surface area contributed by atoms with Crippen molar-refractivity contribution in [2.75, 3.05) is 12.4 Å². The van der Waals surface area contributed by atoms with Gasteiger partial charge in [0.25, 0.3) is 0 Å². The van der Waals surface area contributed by atoms with Gasteiger partial charge in [-0.1, -0.05) is 12.2 Å². The van der Waals surface area contributed by atoms with Crippen LogP contribution < -0.4 is 10.1 Å². The molecule has 0 saturated heterocycles. The Morgan fingerprint density at radius 1 is 1.67 bits per heavy atom. The largest absolute Gasteiger partial charge is 0.495 e. The molecule has 0 aliphatic heterocycles. The molecule has 0 fully saturated rings. The number of methoxy groups -OCH3 is 1. The highest BCUT2D eigenvalue weighted by Gasteiger charge is 1.95. The summed E-state index contributed by atoms with van der Waals surface area (Å²) in [4.78, 5) is 3.93. The van der Waals surface area contributed by atoms with Gasteiger partial charge in [-0.15, -0.1) is 12.6 Å². The first-order valence-electron chi connectivity index (χ1n) is 3.21. The van der Waals surface area contributed by atoms with E-state index >= 15 is 0 Å². The smallest absolute Gasteiger partial charge is 0.139 e. The maximum atomic E-state index is 4.97. The van der Waals surface area contributed by atoms with Gasteiger partial charge in [-0.3, -0.25) is 4.98 Å². The summed E-state index contributed by atoms with van der Waals surface area (Å²) in [6.45, 7) is 0. The van der Waals surface area contributed by atoms with Gasteiger partial charge in [-0.05, 0) is 0 Å². The molecule has 64 valence electrons. The van der Waals surface area contributed by atoms with Gasteiger partial charge in [-0.2, -0.15) is 0 Å². The third-order valence-corrected chi connectivity index (χ3v) is 1.41. The second-order valence-electron chi connectivity index (χ2n) is 2.04. The van der Waals surface area contributed by atoms with Crippen LogP contribution in [0.25, 0.3) is 0 Å². The fourth-order valence-corrected chi connectivity index (χ4v) is 0.969. The minimum Gasteiger partial charge on any atom is -0.495 e. The van der Waals surface area contributed by atoms with E-state index < -0.39 is 0 Å². The summed E-state index contributed by atoms with van der Waals surface area (Å²) in [5, 5.41) is 2.83. The summed E-state index contributed by atoms with van der Waals surface area (Å²) in [7, 11) is 1.58. The number of hydrogen-bond donors (Lipinski definition) is 2. The second kappa shape index (κ2) is 4.27. The molecule has 0 saturated carbocycles. The molecule has 0 spiro atoms. The van der Waals surface area contributed by atoms with Crippen LogP contribution in [0.3, 0.4) is 0 Å². The van der Waals surface area contributed by atoms with Crippen LogP contribution in [-0.2, 0) is 0 Å². The maximum Gasteiger partial charge on any atom is 0.139 e. The summed E-state index contributed by atoms with van der Waals surface area (Å²) in [6.07, 6.45) is 3.26. The third kappa shape index (κ3) is 2.67. The molecule has 5 heteroatoms. The summed E-state index contributed by atoms with van der Waals surface area (Å²) >= 11 is 8.67. The molecule has 1 aromatic rings. The van der Waals surface area contributed by atoms with E-state index in [2.05, 4.69) is 22.9 Å². The summed E-state index contributed by atoms with van der Waals surface area (Å²) in [5.41, 5.74) is 0.773. The fourth-order valence-electron chi connectivity index (χ4n) is 0.722. The first-order chi connectivity index (χ1) is 5.72. The molecule has 3 nitrogen and oxygen atoms in total. The molecular weight excluding hydrogens is 192 g/mol. The Morgan fingerprint density at radius 2 is 2.42 bits per heavy atom. The van der Waals surface area contributed by atoms with E-state index in [9.17, 15) is 0 Å². The molecule has 1 heterocycles. The van der Waals surface area contributed by atoms with Crippen molar-refractivity contribution in [3.05, 3.63) is 18.5 Å². The SMILES string of the molecule is COc1cncc(NC(=S)S)c1. The zero-order chi connectivity index (χ0) is 8.97. The highest BCUT2D eigenvalue weighted by Crippen LogP contribution is 2.14. The maximum absolute atomic E-state index is 4.97. The zero-order valence-corrected chi connectivity index (χ0v) is 8.15. The van der Waals surface area contributed by atoms with Crippen LogP contribution in [0, 0.1) is 0 Å². The highest BCUT2D eigenvalue weighted by molar-refractivity contribution is 8.11. The number of anilines is 1. The molecule has 1 aromatic heterocycles. The minimum atomic E-state index is 0.407. The predicted octanol–water partition coefficient (Wildman–Crippen LogP) is 1.72. The number of ether oxygens (including phenoxy) is 1. The van der Waals surface area contributed by atoms with Crippen LogP contribution in [0.4, 0.5) is 5.69 Å². The molecule has 0 amide bonds. The molecule has 0 atom stereocenters. The number of thiocarbonyl (C=S) groups is 1. The average molecular weight is 200 g/mol. The van der Waals surface area contributed by atoms with Crippen molar-refractivity contribution in [3.63, 3.8) is 0 Å². The molecule has 0 unspecified atom stereocenters. The molecule has 12 heavy (non-hydrogen) atoms. The van der Waals surface area contributed by atoms with E-state index in [0.29, 0.717) is 10.1 Å². The molecule has 1 rings (SSSR count). The van der Waals surface area contributed by atoms with Crippen LogP contribution in [0.15, 0.2) is 18.5 Å². The summed E-state index contributed by atoms with van der Waals surface area (Å²) in [5.74, 6) is 0.685. The van der Waals surface area contributed by atoms with Crippen LogP contribution in [0.5, 0.6) is 5.75 Å². The van der Waals surface area contributed by atoms with Gasteiger partial charge in [0.1, 0.15) is 10.1 Å². The fraction of sp³-hybridized carbons (Fsp3) is 0.143. The molecule has 0 aliphatic rings. The van der Waals surface area contributed by atoms with Crippen molar-refractivity contribution in [2.45, 2.75) is 0 Å². The third-order valence-electron chi connectivity index (χ3n) is 1.20. The lowest BCUT2D eigenvalue weighted by Gasteiger charge is -2.03. The number of hydrogen-bond acceptors (Lipinski definition) is 3. The van der Waals surface area contributed by atoms with Crippen LogP contribution in [0.1, 0.15) is 0 Å². The lowest BCUT2D eigenvalue weighted by Crippen LogP contribution is -2.01. The van der Waals surface area contributed by atoms with Gasteiger partial charge < -0.3 is 10.1 Å². The lowest BCUT2D eigenvalue weighted by atomic mass is 10.4. The van der Waals surface area contributed by atoms with Gasteiger partial charge in [0.05, 0.1) is 25.2 Å². The molecule has 0 aromatic carbocycles. The number of thiol groups is 1. The van der Waals surface area contributed by atoms with E-state index in [1.54, 1.807) is 25.6 Å². The summed E-state index contributed by atoms with van der Waals surface area (Å²) < 4.78 is 5.37. The number of pyridine rings is 1. The Labute approximate surface area is 81.6 Å². The number of nitrogens with one attached hydrogen (secondary N) is 1. The monoisotopic (exact) mass is 200 g/mol. The van der Waals surface area contributed by atoms with Crippen LogP contribution >= 0.6 is 24.8 Å². The van der Waals surface area contributed by atoms with Gasteiger partial charge in [0.2, 0.25) is 0 Å². The highest BCUT2D eigenvalue weighted by atomic mass is 32.1. The van der Waals surface area contributed by atoms with Crippen LogP contribution in [0.2, 0.25) is 0 Å². The van der Waals surface area contributed by atoms with Crippen molar-refractivity contribution in [1.29, 1.82) is 0 Å². The van der Waals surface area contributed by atoms with E-state index in [1.165, 1.54) is 0 Å². The molecule has 0 bridgehead atoms. The van der Waals surface area contributed by atoms with E-state index in [0.717, 1.165) is 5.69 Å². The summed E-state index contributed by atoms with van der Waals surface area (Å²) in [6, 6.07) is 1.79. The standard InChI is InChI=1S/C7H8N2OS2/c1-10-6-2-5(3-8-4-6)9-7(11)12/h2-4H,1H3,(H2,9,11,12). The first-order valence-corrected chi connectivity index (χ1v) is 4.07. The lowest BCUT2D eigenvalue weighted by molar-refractivity contribution is 0.413. The van der Waals surface area contributed by atoms with E-state index in [1.807, 2.05) is 0 Å². The van der Waals surface area contributed by atoms with Crippen molar-refractivity contribution in [1.82, 2.24) is 4.98 Å². The minimum absolute atomic E-state index is 0.407. The molecule has 1 N–H and O–H groups in total. The quantitative estimate of drug-likeness (QED) is 0.562. The second-order valence-corrected chi connectivity index (χ2v) is 3.20. The Bertz CT molecular complexity index is 290. The number of rotatable bonds is 2. The van der Waals surface area contributed by atoms with Gasteiger partial charge in [0, 0.05) is 6.07 Å². The zero-order valence-electron chi connectivity index (χ0n) is 6.44. The number of nitrogens with zero attached hydrogens (tertiary/aromatic N) is 1. The molecule has 0 aliphatic carbocycles. The van der Waals surface area contributed by atoms with Gasteiger partial charge >= 0.3 is 0 Å². The van der Waals surface area contributed by atoms with Crippen molar-refractivity contribution in [2.24, 2.45) is 0 Å². The van der Waals surface area contributed by atoms with E-state index in [-0.39, 0.29) is 0 Å². The van der Waals surface area contributed by atoms with Crippen molar-refractivity contribution < 1.29 is 4.74 Å². The van der Waals surface area contributed by atoms with Gasteiger partial charge in [0.15, 0.2) is 0 Å². The van der Waals surface area contributed by atoms with Gasteiger partial charge in [-0.25, -0.2) is 0 Å². The Morgan fingerprint density at radius 3 is 3.00 bits per heavy atom. The van der Waals surface area contributed by atoms with Crippen molar-refractivity contribution in [3.8, 4) is 5.75 Å². The number of aromatic nitrogens is 1. The van der Waals surface area contributed by atoms with E-state index in [4.69, 9.17) is 17.0 Å². The first kappa shape index (κ1) is 9.28.